The van der Waals surface area contributed by atoms with Gasteiger partial charge < -0.3 is 10.2 Å². The summed E-state index contributed by atoms with van der Waals surface area (Å²) < 4.78 is 1.19. The Balaban J connectivity index is -0.000000221. The van der Waals surface area contributed by atoms with Crippen molar-refractivity contribution < 1.29 is 10.2 Å². The molecule has 0 spiro atoms. The van der Waals surface area contributed by atoms with Crippen LogP contribution in [-0.2, 0) is 0 Å². The smallest absolute Gasteiger partial charge is 0.0516 e. The van der Waals surface area contributed by atoms with Crippen molar-refractivity contribution in [3.8, 4) is 0 Å². The Morgan fingerprint density at radius 3 is 1.85 bits per heavy atom. The zero-order valence-corrected chi connectivity index (χ0v) is 19.5. The maximum Gasteiger partial charge on any atom is 0.0516 e. The minimum Gasteiger partial charge on any atom is -0.396 e. The summed E-state index contributed by atoms with van der Waals surface area (Å²) in [7, 11) is 0. The summed E-state index contributed by atoms with van der Waals surface area (Å²) in [6, 6.07) is 0. The second kappa shape index (κ2) is 25.8. The van der Waals surface area contributed by atoms with E-state index in [-0.39, 0.29) is 6.61 Å². The Bertz CT molecular complexity index is 179. The minimum absolute atomic E-state index is 0.274. The number of hydrogen-bond donors (Lipinski definition) is 2. The summed E-state index contributed by atoms with van der Waals surface area (Å²) in [5.41, 5.74) is 0. The average molecular weight is 624 g/mol. The number of alkyl halides is 3. The molecule has 0 radical (unpaired) electrons. The first-order valence-corrected chi connectivity index (χ1v) is 12.3. The number of hydrogen-bond acceptors (Lipinski definition) is 2. The summed E-state index contributed by atoms with van der Waals surface area (Å²) >= 11 is 6.70. The molecular formula is C15H31I3O2. The maximum atomic E-state index is 8.49. The minimum atomic E-state index is 0.274. The molecule has 1 aliphatic rings. The first-order valence-electron chi connectivity index (χ1n) is 7.08. The zero-order valence-electron chi connectivity index (χ0n) is 13.0. The molecule has 0 unspecified atom stereocenters. The van der Waals surface area contributed by atoms with E-state index in [2.05, 4.69) is 87.7 Å². The Morgan fingerprint density at radius 1 is 1.00 bits per heavy atom. The van der Waals surface area contributed by atoms with E-state index in [9.17, 15) is 0 Å². The molecule has 2 atom stereocenters. The first-order chi connectivity index (χ1) is 9.71. The predicted octanol–water partition coefficient (Wildman–Crippen LogP) is 5.62. The number of aliphatic hydroxyl groups excluding tert-OH is 2. The van der Waals surface area contributed by atoms with Crippen LogP contribution in [0.2, 0.25) is 0 Å². The van der Waals surface area contributed by atoms with Crippen molar-refractivity contribution in [2.24, 2.45) is 11.8 Å². The van der Waals surface area contributed by atoms with Crippen LogP contribution >= 0.6 is 67.8 Å². The molecule has 0 bridgehead atoms. The average Bonchev–Trinajstić information content (AvgIpc) is 3.22. The fourth-order valence-corrected chi connectivity index (χ4v) is 1.69. The highest BCUT2D eigenvalue weighted by Gasteiger charge is 2.33. The van der Waals surface area contributed by atoms with Crippen molar-refractivity contribution in [1.29, 1.82) is 0 Å². The number of allylic oxidation sites excluding steroid dienone is 1. The van der Waals surface area contributed by atoms with Gasteiger partial charge in [0.1, 0.15) is 0 Å². The highest BCUT2D eigenvalue weighted by Crippen LogP contribution is 2.42. The molecule has 5 heteroatoms. The van der Waals surface area contributed by atoms with Gasteiger partial charge in [0.05, 0.1) is 2.43 Å². The quantitative estimate of drug-likeness (QED) is 0.229. The lowest BCUT2D eigenvalue weighted by molar-refractivity contribution is 0.276. The number of rotatable bonds is 6. The van der Waals surface area contributed by atoms with Gasteiger partial charge in [-0.2, -0.15) is 0 Å². The summed E-state index contributed by atoms with van der Waals surface area (Å²) in [5.74, 6) is 1.84. The van der Waals surface area contributed by atoms with Gasteiger partial charge in [-0.1, -0.05) is 100 Å². The number of aliphatic hydroxyl groups is 2. The van der Waals surface area contributed by atoms with E-state index in [0.29, 0.717) is 6.61 Å². The van der Waals surface area contributed by atoms with Crippen LogP contribution in [0.5, 0.6) is 0 Å². The highest BCUT2D eigenvalue weighted by atomic mass is 127. The van der Waals surface area contributed by atoms with Crippen LogP contribution in [0.4, 0.5) is 0 Å². The molecule has 0 aromatic carbocycles. The molecule has 0 saturated heterocycles. The SMILES string of the molecule is CC/C=C\CCO.CC[C@@H]1C[C@@H]1CCO.CI.ICI. The summed E-state index contributed by atoms with van der Waals surface area (Å²) in [6.07, 6.45) is 9.63. The molecule has 124 valence electrons. The van der Waals surface area contributed by atoms with E-state index in [0.717, 1.165) is 31.1 Å². The van der Waals surface area contributed by atoms with Crippen molar-refractivity contribution in [2.45, 2.75) is 46.0 Å². The fourth-order valence-electron chi connectivity index (χ4n) is 1.69. The molecule has 2 N–H and O–H groups in total. The third kappa shape index (κ3) is 24.8. The van der Waals surface area contributed by atoms with Crippen LogP contribution in [0.1, 0.15) is 46.0 Å². The molecule has 1 aliphatic carbocycles. The van der Waals surface area contributed by atoms with E-state index in [1.807, 2.05) is 11.0 Å². The van der Waals surface area contributed by atoms with Crippen LogP contribution in [-0.4, -0.2) is 30.8 Å². The van der Waals surface area contributed by atoms with Gasteiger partial charge in [-0.3, -0.25) is 0 Å². The first kappa shape index (κ1) is 26.7. The van der Waals surface area contributed by atoms with Crippen LogP contribution < -0.4 is 0 Å². The van der Waals surface area contributed by atoms with Gasteiger partial charge in [-0.05, 0) is 42.4 Å². The van der Waals surface area contributed by atoms with Crippen molar-refractivity contribution in [3.05, 3.63) is 12.2 Å². The lowest BCUT2D eigenvalue weighted by atomic mass is 10.2. The summed E-state index contributed by atoms with van der Waals surface area (Å²) in [6.45, 7) is 4.97. The van der Waals surface area contributed by atoms with Crippen LogP contribution in [0.3, 0.4) is 0 Å². The fraction of sp³-hybridized carbons (Fsp3) is 0.867. The monoisotopic (exact) mass is 624 g/mol. The predicted molar refractivity (Wildman–Crippen MR) is 118 cm³/mol. The van der Waals surface area contributed by atoms with Gasteiger partial charge in [0.25, 0.3) is 0 Å². The summed E-state index contributed by atoms with van der Waals surface area (Å²) in [5, 5.41) is 16.7. The lowest BCUT2D eigenvalue weighted by Crippen LogP contribution is -1.85. The Kier molecular flexibility index (Phi) is 34.5. The zero-order chi connectivity index (χ0) is 16.2. The molecule has 0 aliphatic heterocycles. The maximum absolute atomic E-state index is 8.49. The largest absolute Gasteiger partial charge is 0.396 e. The molecule has 0 heterocycles. The second-order valence-corrected chi connectivity index (χ2v) is 8.61. The molecule has 0 aromatic rings. The van der Waals surface area contributed by atoms with E-state index in [1.54, 1.807) is 0 Å². The lowest BCUT2D eigenvalue weighted by Gasteiger charge is -1.89. The molecule has 1 saturated carbocycles. The van der Waals surface area contributed by atoms with Gasteiger partial charge in [0.15, 0.2) is 0 Å². The molecule has 1 rings (SSSR count). The Hall–Kier alpha value is 1.85. The van der Waals surface area contributed by atoms with Gasteiger partial charge in [0, 0.05) is 13.2 Å². The second-order valence-electron chi connectivity index (χ2n) is 4.17. The molecular weight excluding hydrogens is 593 g/mol. The molecule has 1 fully saturated rings. The third-order valence-electron chi connectivity index (χ3n) is 2.79. The van der Waals surface area contributed by atoms with Gasteiger partial charge in [-0.15, -0.1) is 0 Å². The topological polar surface area (TPSA) is 40.5 Å². The highest BCUT2D eigenvalue weighted by molar-refractivity contribution is 14.2. The molecule has 2 nitrogen and oxygen atoms in total. The molecule has 0 aromatic heterocycles. The van der Waals surface area contributed by atoms with Gasteiger partial charge >= 0.3 is 0 Å². The van der Waals surface area contributed by atoms with E-state index in [4.69, 9.17) is 10.2 Å². The van der Waals surface area contributed by atoms with E-state index in [1.165, 1.54) is 15.3 Å². The van der Waals surface area contributed by atoms with Crippen molar-refractivity contribution in [2.75, 3.05) is 20.6 Å². The Morgan fingerprint density at radius 2 is 1.55 bits per heavy atom. The summed E-state index contributed by atoms with van der Waals surface area (Å²) in [4.78, 5) is 1.97. The van der Waals surface area contributed by atoms with Crippen molar-refractivity contribution >= 4 is 67.8 Å². The van der Waals surface area contributed by atoms with E-state index >= 15 is 0 Å². The van der Waals surface area contributed by atoms with Gasteiger partial charge in [-0.25, -0.2) is 0 Å². The molecule has 0 amide bonds. The third-order valence-corrected chi connectivity index (χ3v) is 2.79. The van der Waals surface area contributed by atoms with E-state index < -0.39 is 0 Å². The van der Waals surface area contributed by atoms with Crippen LogP contribution in [0.15, 0.2) is 12.2 Å². The van der Waals surface area contributed by atoms with Crippen LogP contribution in [0, 0.1) is 11.8 Å². The van der Waals surface area contributed by atoms with Crippen molar-refractivity contribution in [1.82, 2.24) is 0 Å². The number of halogens is 3. The van der Waals surface area contributed by atoms with Crippen LogP contribution in [0.25, 0.3) is 0 Å². The standard InChI is InChI=1S/C7H14O.C6H12O.CH2I2.CH3I/c1-2-6-5-7(6)3-4-8;1-2-3-4-5-6-7;2-1-3;1-2/h6-8H,2-5H2,1H3;3-4,7H,2,5-6H2,1H3;1H2;1H3/b;4-3-;;/t6-,7+;;;/m1.../s1. The normalized spacial score (nSPS) is 19.0. The van der Waals surface area contributed by atoms with Crippen molar-refractivity contribution in [3.63, 3.8) is 0 Å². The molecule has 20 heavy (non-hydrogen) atoms. The Labute approximate surface area is 167 Å². The van der Waals surface area contributed by atoms with Gasteiger partial charge in [0.2, 0.25) is 0 Å².